The topological polar surface area (TPSA) is 49.4 Å². The summed E-state index contributed by atoms with van der Waals surface area (Å²) in [5.74, 6) is 0.656. The van der Waals surface area contributed by atoms with Crippen molar-refractivity contribution in [3.8, 4) is 0 Å². The van der Waals surface area contributed by atoms with Crippen LogP contribution >= 0.6 is 11.8 Å². The van der Waals surface area contributed by atoms with Crippen molar-refractivity contribution < 1.29 is 9.59 Å². The van der Waals surface area contributed by atoms with Crippen molar-refractivity contribution in [3.05, 3.63) is 0 Å². The molecule has 2 unspecified atom stereocenters. The molecule has 1 N–H and O–H groups in total. The molecule has 0 aromatic heterocycles. The zero-order valence-corrected chi connectivity index (χ0v) is 14.3. The zero-order chi connectivity index (χ0) is 15.4. The van der Waals surface area contributed by atoms with E-state index in [9.17, 15) is 9.59 Å². The largest absolute Gasteiger partial charge is 0.340 e. The van der Waals surface area contributed by atoms with E-state index in [1.165, 1.54) is 0 Å². The van der Waals surface area contributed by atoms with Gasteiger partial charge in [0.2, 0.25) is 11.8 Å². The van der Waals surface area contributed by atoms with Crippen molar-refractivity contribution >= 4 is 23.6 Å². The van der Waals surface area contributed by atoms with Gasteiger partial charge < -0.3 is 10.2 Å². The van der Waals surface area contributed by atoms with Gasteiger partial charge in [0.1, 0.15) is 11.6 Å². The van der Waals surface area contributed by atoms with Gasteiger partial charge >= 0.3 is 0 Å². The molecule has 3 fully saturated rings. The van der Waals surface area contributed by atoms with Crippen molar-refractivity contribution in [2.75, 3.05) is 12.8 Å². The maximum absolute atomic E-state index is 13.1. The Kier molecular flexibility index (Phi) is 3.55. The smallest absolute Gasteiger partial charge is 0.249 e. The van der Waals surface area contributed by atoms with Crippen LogP contribution in [0.3, 0.4) is 0 Å². The van der Waals surface area contributed by atoms with Gasteiger partial charge in [0.05, 0.1) is 0 Å². The molecule has 2 aliphatic carbocycles. The fourth-order valence-electron chi connectivity index (χ4n) is 3.60. The van der Waals surface area contributed by atoms with E-state index in [2.05, 4.69) is 11.6 Å². The molecule has 0 radical (unpaired) electrons. The monoisotopic (exact) mass is 310 g/mol. The quantitative estimate of drug-likeness (QED) is 0.845. The first-order valence-corrected chi connectivity index (χ1v) is 9.24. The highest BCUT2D eigenvalue weighted by atomic mass is 32.2. The lowest BCUT2D eigenvalue weighted by Crippen LogP contribution is -2.71. The molecule has 0 aromatic carbocycles. The molecule has 1 aliphatic heterocycles. The number of hydrogen-bond donors (Lipinski definition) is 1. The van der Waals surface area contributed by atoms with Crippen LogP contribution < -0.4 is 5.32 Å². The third kappa shape index (κ3) is 2.47. The van der Waals surface area contributed by atoms with Gasteiger partial charge in [-0.3, -0.25) is 9.59 Å². The van der Waals surface area contributed by atoms with Crippen LogP contribution in [0.2, 0.25) is 0 Å². The fourth-order valence-corrected chi connectivity index (χ4v) is 4.37. The predicted molar refractivity (Wildman–Crippen MR) is 85.1 cm³/mol. The van der Waals surface area contributed by atoms with E-state index in [0.717, 1.165) is 32.2 Å². The summed E-state index contributed by atoms with van der Waals surface area (Å²) in [6, 6.07) is -0.311. The number of thioether (sulfide) groups is 1. The summed E-state index contributed by atoms with van der Waals surface area (Å²) in [5, 5.41) is 3.05. The average molecular weight is 310 g/mol. The minimum Gasteiger partial charge on any atom is -0.340 e. The van der Waals surface area contributed by atoms with Gasteiger partial charge in [0, 0.05) is 11.3 Å². The molecule has 2 saturated carbocycles. The van der Waals surface area contributed by atoms with E-state index >= 15 is 0 Å². The van der Waals surface area contributed by atoms with Gasteiger partial charge in [0.25, 0.3) is 0 Å². The molecule has 2 atom stereocenters. The van der Waals surface area contributed by atoms with Gasteiger partial charge in [-0.1, -0.05) is 13.8 Å². The van der Waals surface area contributed by atoms with Crippen molar-refractivity contribution in [2.24, 2.45) is 11.8 Å². The lowest BCUT2D eigenvalue weighted by Gasteiger charge is -2.47. The molecule has 0 bridgehead atoms. The van der Waals surface area contributed by atoms with Crippen LogP contribution in [0, 0.1) is 11.8 Å². The molecule has 118 valence electrons. The first kappa shape index (κ1) is 15.2. The van der Waals surface area contributed by atoms with Crippen LogP contribution in [-0.4, -0.2) is 45.8 Å². The number of rotatable bonds is 5. The van der Waals surface area contributed by atoms with Crippen LogP contribution in [0.25, 0.3) is 0 Å². The summed E-state index contributed by atoms with van der Waals surface area (Å²) in [7, 11) is 0. The van der Waals surface area contributed by atoms with E-state index in [1.54, 1.807) is 0 Å². The lowest BCUT2D eigenvalue weighted by atomic mass is 9.86. The second-order valence-electron chi connectivity index (χ2n) is 7.47. The van der Waals surface area contributed by atoms with Crippen LogP contribution in [0.4, 0.5) is 0 Å². The average Bonchev–Trinajstić information content (AvgIpc) is 3.28. The Balaban J connectivity index is 1.89. The Bertz CT molecular complexity index is 471. The SMILES string of the molecule is CSC1(CN2C(=O)C(C)(C3CC3)NC(=O)C2C(C)C)CC1. The number of carbonyl (C=O) groups excluding carboxylic acids is 2. The second kappa shape index (κ2) is 4.90. The number of nitrogens with one attached hydrogen (secondary N) is 1. The number of carbonyl (C=O) groups is 2. The molecule has 2 amide bonds. The molecule has 21 heavy (non-hydrogen) atoms. The minimum atomic E-state index is -0.670. The zero-order valence-electron chi connectivity index (χ0n) is 13.4. The third-order valence-corrected chi connectivity index (χ3v) is 6.82. The predicted octanol–water partition coefficient (Wildman–Crippen LogP) is 2.03. The van der Waals surface area contributed by atoms with Crippen LogP contribution in [0.1, 0.15) is 46.5 Å². The van der Waals surface area contributed by atoms with E-state index in [0.29, 0.717) is 5.92 Å². The van der Waals surface area contributed by atoms with Gasteiger partial charge in [0.15, 0.2) is 0 Å². The van der Waals surface area contributed by atoms with Gasteiger partial charge in [-0.25, -0.2) is 0 Å². The molecular weight excluding hydrogens is 284 g/mol. The van der Waals surface area contributed by atoms with E-state index in [4.69, 9.17) is 0 Å². The molecular formula is C16H26N2O2S. The highest BCUT2D eigenvalue weighted by Crippen LogP contribution is 2.49. The minimum absolute atomic E-state index is 0.0379. The number of amides is 2. The number of hydrogen-bond acceptors (Lipinski definition) is 3. The highest BCUT2D eigenvalue weighted by Gasteiger charge is 2.57. The first-order chi connectivity index (χ1) is 9.83. The maximum Gasteiger partial charge on any atom is 0.249 e. The van der Waals surface area contributed by atoms with Crippen LogP contribution in [-0.2, 0) is 9.59 Å². The Hall–Kier alpha value is -0.710. The standard InChI is InChI=1S/C16H26N2O2S/c1-10(2)12-13(19)17-15(3,11-5-6-11)14(20)18(12)9-16(21-4)7-8-16/h10-12H,5-9H2,1-4H3,(H,17,19). The third-order valence-electron chi connectivity index (χ3n) is 5.42. The van der Waals surface area contributed by atoms with Gasteiger partial charge in [-0.15, -0.1) is 0 Å². The molecule has 1 heterocycles. The molecule has 3 rings (SSSR count). The molecule has 3 aliphatic rings. The van der Waals surface area contributed by atoms with Crippen molar-refractivity contribution in [1.29, 1.82) is 0 Å². The Morgan fingerprint density at radius 2 is 1.95 bits per heavy atom. The summed E-state index contributed by atoms with van der Waals surface area (Å²) >= 11 is 1.85. The Morgan fingerprint density at radius 3 is 2.38 bits per heavy atom. The summed E-state index contributed by atoms with van der Waals surface area (Å²) in [6.45, 7) is 6.71. The summed E-state index contributed by atoms with van der Waals surface area (Å²) in [4.78, 5) is 27.6. The van der Waals surface area contributed by atoms with E-state index < -0.39 is 5.54 Å². The van der Waals surface area contributed by atoms with Crippen LogP contribution in [0.5, 0.6) is 0 Å². The first-order valence-electron chi connectivity index (χ1n) is 8.01. The molecule has 1 saturated heterocycles. The van der Waals surface area contributed by atoms with Crippen molar-refractivity contribution in [3.63, 3.8) is 0 Å². The maximum atomic E-state index is 13.1. The fraction of sp³-hybridized carbons (Fsp3) is 0.875. The van der Waals surface area contributed by atoms with Crippen LogP contribution in [0.15, 0.2) is 0 Å². The molecule has 5 heteroatoms. The summed E-state index contributed by atoms with van der Waals surface area (Å²) in [5.41, 5.74) is -0.670. The number of piperazine rings is 1. The Labute approximate surface area is 131 Å². The van der Waals surface area contributed by atoms with Gasteiger partial charge in [-0.05, 0) is 50.7 Å². The van der Waals surface area contributed by atoms with Crippen molar-refractivity contribution in [1.82, 2.24) is 10.2 Å². The highest BCUT2D eigenvalue weighted by molar-refractivity contribution is 8.00. The van der Waals surface area contributed by atoms with E-state index in [1.807, 2.05) is 37.4 Å². The summed E-state index contributed by atoms with van der Waals surface area (Å²) in [6.07, 6.45) is 6.54. The van der Waals surface area contributed by atoms with E-state index in [-0.39, 0.29) is 28.5 Å². The molecule has 0 aromatic rings. The second-order valence-corrected chi connectivity index (χ2v) is 8.75. The normalized spacial score (nSPS) is 35.1. The summed E-state index contributed by atoms with van der Waals surface area (Å²) < 4.78 is 0.199. The molecule has 4 nitrogen and oxygen atoms in total. The number of nitrogens with zero attached hydrogens (tertiary/aromatic N) is 1. The molecule has 0 spiro atoms. The van der Waals surface area contributed by atoms with Gasteiger partial charge in [-0.2, -0.15) is 11.8 Å². The Morgan fingerprint density at radius 1 is 1.33 bits per heavy atom. The van der Waals surface area contributed by atoms with Crippen molar-refractivity contribution in [2.45, 2.75) is 62.8 Å². The lowest BCUT2D eigenvalue weighted by molar-refractivity contribution is -0.157.